The van der Waals surface area contributed by atoms with E-state index in [4.69, 9.17) is 5.11 Å². The molecule has 6 nitrogen and oxygen atoms in total. The maximum atomic E-state index is 8.93. The van der Waals surface area contributed by atoms with Crippen LogP contribution in [0, 0.1) is 6.92 Å². The molecule has 2 aromatic heterocycles. The van der Waals surface area contributed by atoms with Gasteiger partial charge < -0.3 is 10.4 Å². The van der Waals surface area contributed by atoms with E-state index in [1.807, 2.05) is 37.3 Å². The van der Waals surface area contributed by atoms with Crippen LogP contribution >= 0.6 is 0 Å². The first-order valence-electron chi connectivity index (χ1n) is 6.42. The van der Waals surface area contributed by atoms with Gasteiger partial charge in [-0.2, -0.15) is 5.10 Å². The Morgan fingerprint density at radius 3 is 2.75 bits per heavy atom. The summed E-state index contributed by atoms with van der Waals surface area (Å²) < 4.78 is 1.79. The zero-order chi connectivity index (χ0) is 13.9. The summed E-state index contributed by atoms with van der Waals surface area (Å²) >= 11 is 0. The van der Waals surface area contributed by atoms with Crippen molar-refractivity contribution in [2.75, 3.05) is 18.5 Å². The Hall–Kier alpha value is -2.47. The van der Waals surface area contributed by atoms with E-state index in [1.165, 1.54) is 0 Å². The van der Waals surface area contributed by atoms with Crippen LogP contribution in [0.15, 0.2) is 36.5 Å². The number of benzene rings is 1. The first-order chi connectivity index (χ1) is 9.79. The maximum Gasteiger partial charge on any atom is 0.168 e. The number of fused-ring (bicyclic) bond motifs is 1. The van der Waals surface area contributed by atoms with Gasteiger partial charge in [-0.05, 0) is 19.1 Å². The minimum Gasteiger partial charge on any atom is -0.395 e. The number of aromatic nitrogens is 4. The van der Waals surface area contributed by atoms with Gasteiger partial charge in [-0.1, -0.05) is 18.2 Å². The number of hydrogen-bond donors (Lipinski definition) is 2. The molecule has 3 aromatic rings. The number of rotatable bonds is 4. The van der Waals surface area contributed by atoms with Crippen LogP contribution in [0.2, 0.25) is 0 Å². The monoisotopic (exact) mass is 269 g/mol. The molecule has 0 saturated heterocycles. The second-order valence-electron chi connectivity index (χ2n) is 4.40. The van der Waals surface area contributed by atoms with Crippen LogP contribution in [0.1, 0.15) is 5.82 Å². The highest BCUT2D eigenvalue weighted by molar-refractivity contribution is 5.87. The molecule has 1 aromatic carbocycles. The van der Waals surface area contributed by atoms with Crippen LogP contribution in [-0.2, 0) is 0 Å². The summed E-state index contributed by atoms with van der Waals surface area (Å²) in [6.07, 6.45) is 1.74. The summed E-state index contributed by atoms with van der Waals surface area (Å²) in [5.41, 5.74) is 1.71. The van der Waals surface area contributed by atoms with E-state index in [0.29, 0.717) is 18.2 Å². The van der Waals surface area contributed by atoms with Gasteiger partial charge in [0.15, 0.2) is 5.65 Å². The van der Waals surface area contributed by atoms with E-state index < -0.39 is 0 Å². The van der Waals surface area contributed by atoms with Crippen LogP contribution in [0.3, 0.4) is 0 Å². The van der Waals surface area contributed by atoms with Gasteiger partial charge in [0.2, 0.25) is 0 Å². The van der Waals surface area contributed by atoms with Crippen molar-refractivity contribution < 1.29 is 5.11 Å². The van der Waals surface area contributed by atoms with Crippen molar-refractivity contribution in [2.45, 2.75) is 6.92 Å². The Kier molecular flexibility index (Phi) is 3.30. The van der Waals surface area contributed by atoms with Gasteiger partial charge in [-0.25, -0.2) is 14.6 Å². The number of nitrogens with one attached hydrogen (secondary N) is 1. The van der Waals surface area contributed by atoms with E-state index in [-0.39, 0.29) is 6.61 Å². The SMILES string of the molecule is Cc1nc(NCCO)c2cnn(-c3ccccc3)c2n1. The van der Waals surface area contributed by atoms with Crippen LogP contribution in [0.4, 0.5) is 5.82 Å². The van der Waals surface area contributed by atoms with Gasteiger partial charge in [0.25, 0.3) is 0 Å². The molecule has 0 radical (unpaired) electrons. The molecule has 0 atom stereocenters. The predicted molar refractivity (Wildman–Crippen MR) is 77.0 cm³/mol. The number of anilines is 1. The van der Waals surface area contributed by atoms with Crippen LogP contribution in [-0.4, -0.2) is 38.0 Å². The van der Waals surface area contributed by atoms with Crippen molar-refractivity contribution in [1.29, 1.82) is 0 Å². The molecule has 0 aliphatic rings. The number of nitrogens with zero attached hydrogens (tertiary/aromatic N) is 4. The molecule has 0 unspecified atom stereocenters. The average Bonchev–Trinajstić information content (AvgIpc) is 2.89. The van der Waals surface area contributed by atoms with E-state index in [1.54, 1.807) is 10.9 Å². The molecule has 0 aliphatic heterocycles. The summed E-state index contributed by atoms with van der Waals surface area (Å²) in [7, 11) is 0. The van der Waals surface area contributed by atoms with Gasteiger partial charge in [0.1, 0.15) is 11.6 Å². The highest BCUT2D eigenvalue weighted by atomic mass is 16.3. The van der Waals surface area contributed by atoms with Crippen molar-refractivity contribution in [3.63, 3.8) is 0 Å². The summed E-state index contributed by atoms with van der Waals surface area (Å²) in [6.45, 7) is 2.34. The molecule has 0 fully saturated rings. The fourth-order valence-electron chi connectivity index (χ4n) is 2.08. The molecule has 2 N–H and O–H groups in total. The van der Waals surface area contributed by atoms with E-state index in [0.717, 1.165) is 16.7 Å². The summed E-state index contributed by atoms with van der Waals surface area (Å²) in [4.78, 5) is 8.83. The fraction of sp³-hybridized carbons (Fsp3) is 0.214. The Labute approximate surface area is 116 Å². The van der Waals surface area contributed by atoms with Crippen LogP contribution in [0.5, 0.6) is 0 Å². The second-order valence-corrected chi connectivity index (χ2v) is 4.40. The minimum absolute atomic E-state index is 0.0529. The Bertz CT molecular complexity index is 723. The van der Waals surface area contributed by atoms with E-state index >= 15 is 0 Å². The van der Waals surface area contributed by atoms with E-state index in [2.05, 4.69) is 20.4 Å². The van der Waals surface area contributed by atoms with Gasteiger partial charge in [-0.15, -0.1) is 0 Å². The lowest BCUT2D eigenvalue weighted by molar-refractivity contribution is 0.311. The standard InChI is InChI=1S/C14H15N5O/c1-10-17-13(15-7-8-20)12-9-16-19(14(12)18-10)11-5-3-2-4-6-11/h2-6,9,20H,7-8H2,1H3,(H,15,17,18). The van der Waals surface area contributed by atoms with Crippen molar-refractivity contribution in [2.24, 2.45) is 0 Å². The van der Waals surface area contributed by atoms with Crippen molar-refractivity contribution in [3.05, 3.63) is 42.4 Å². The zero-order valence-electron chi connectivity index (χ0n) is 11.1. The molecule has 3 rings (SSSR count). The van der Waals surface area contributed by atoms with Crippen molar-refractivity contribution in [1.82, 2.24) is 19.7 Å². The van der Waals surface area contributed by atoms with Gasteiger partial charge in [-0.3, -0.25) is 0 Å². The molecule has 0 saturated carbocycles. The lowest BCUT2D eigenvalue weighted by atomic mass is 10.3. The molecular formula is C14H15N5O. The molecule has 0 bridgehead atoms. The predicted octanol–water partition coefficient (Wildman–Crippen LogP) is 1.53. The highest BCUT2D eigenvalue weighted by Crippen LogP contribution is 2.22. The molecule has 20 heavy (non-hydrogen) atoms. The average molecular weight is 269 g/mol. The Morgan fingerprint density at radius 2 is 2.00 bits per heavy atom. The Morgan fingerprint density at radius 1 is 1.20 bits per heavy atom. The Balaban J connectivity index is 2.15. The molecule has 0 amide bonds. The van der Waals surface area contributed by atoms with Gasteiger partial charge in [0.05, 0.1) is 23.9 Å². The molecule has 102 valence electrons. The third-order valence-corrected chi connectivity index (χ3v) is 2.95. The van der Waals surface area contributed by atoms with Crippen molar-refractivity contribution in [3.8, 4) is 5.69 Å². The summed E-state index contributed by atoms with van der Waals surface area (Å²) in [5, 5.41) is 17.2. The summed E-state index contributed by atoms with van der Waals surface area (Å²) in [5.74, 6) is 1.36. The quantitative estimate of drug-likeness (QED) is 0.751. The first-order valence-corrected chi connectivity index (χ1v) is 6.42. The third kappa shape index (κ3) is 2.21. The third-order valence-electron chi connectivity index (χ3n) is 2.95. The molecule has 2 heterocycles. The smallest absolute Gasteiger partial charge is 0.168 e. The highest BCUT2D eigenvalue weighted by Gasteiger charge is 2.12. The fourth-order valence-corrected chi connectivity index (χ4v) is 2.08. The van der Waals surface area contributed by atoms with E-state index in [9.17, 15) is 0 Å². The van der Waals surface area contributed by atoms with Gasteiger partial charge >= 0.3 is 0 Å². The number of aliphatic hydroxyl groups excluding tert-OH is 1. The lowest BCUT2D eigenvalue weighted by Gasteiger charge is -2.07. The van der Waals surface area contributed by atoms with Crippen LogP contribution < -0.4 is 5.32 Å². The van der Waals surface area contributed by atoms with Crippen molar-refractivity contribution >= 4 is 16.9 Å². The van der Waals surface area contributed by atoms with Crippen LogP contribution in [0.25, 0.3) is 16.7 Å². The molecule has 0 aliphatic carbocycles. The minimum atomic E-state index is 0.0529. The molecular weight excluding hydrogens is 254 g/mol. The maximum absolute atomic E-state index is 8.93. The molecule has 0 spiro atoms. The topological polar surface area (TPSA) is 75.9 Å². The summed E-state index contributed by atoms with van der Waals surface area (Å²) in [6, 6.07) is 9.84. The normalized spacial score (nSPS) is 10.9. The molecule has 6 heteroatoms. The number of aliphatic hydroxyl groups is 1. The second kappa shape index (κ2) is 5.26. The number of para-hydroxylation sites is 1. The zero-order valence-corrected chi connectivity index (χ0v) is 11.1. The number of aryl methyl sites for hydroxylation is 1. The number of hydrogen-bond acceptors (Lipinski definition) is 5. The lowest BCUT2D eigenvalue weighted by Crippen LogP contribution is -2.09. The van der Waals surface area contributed by atoms with Gasteiger partial charge in [0, 0.05) is 6.54 Å². The first kappa shape index (κ1) is 12.6. The largest absolute Gasteiger partial charge is 0.395 e.